The second kappa shape index (κ2) is 7.20. The molecule has 0 bridgehead atoms. The predicted molar refractivity (Wildman–Crippen MR) is 36.6 cm³/mol. The summed E-state index contributed by atoms with van der Waals surface area (Å²) in [6.45, 7) is 3.03. The molecule has 0 radical (unpaired) electrons. The molecule has 0 saturated heterocycles. The number of hydrogen-bond acceptors (Lipinski definition) is 2. The number of unbranched alkanes of at least 4 members (excludes halogenated alkanes) is 2. The molecule has 0 spiro atoms. The molecular formula is C5H14N4. The van der Waals surface area contributed by atoms with Crippen LogP contribution in [-0.2, 0) is 0 Å². The molecule has 9 heavy (non-hydrogen) atoms. The number of nitrogens with one attached hydrogen (secondary N) is 1. The molecule has 54 valence electrons. The standard InChI is InChI=1S/C5H14N4/c1-2-3-4-5-7-9-8-6/h2-5H2,1H3,(H2,6,9)(H,7,8). The lowest BCUT2D eigenvalue weighted by Gasteiger charge is -1.94. The van der Waals surface area contributed by atoms with Crippen LogP contribution in [0.25, 0.3) is 0 Å². The summed E-state index contributed by atoms with van der Waals surface area (Å²) < 4.78 is 0. The molecule has 0 atom stereocenters. The van der Waals surface area contributed by atoms with Gasteiger partial charge in [0, 0.05) is 6.54 Å². The van der Waals surface area contributed by atoms with Gasteiger partial charge >= 0.3 is 0 Å². The van der Waals surface area contributed by atoms with Gasteiger partial charge in [-0.1, -0.05) is 30.2 Å². The highest BCUT2D eigenvalue weighted by Crippen LogP contribution is 1.90. The minimum atomic E-state index is 0.870. The fourth-order valence-electron chi connectivity index (χ4n) is 0.545. The van der Waals surface area contributed by atoms with Crippen LogP contribution in [-0.4, -0.2) is 6.54 Å². The monoisotopic (exact) mass is 130 g/mol. The topological polar surface area (TPSA) is 62.8 Å². The molecule has 0 aromatic rings. The third kappa shape index (κ3) is 7.20. The Morgan fingerprint density at radius 1 is 1.44 bits per heavy atom. The predicted octanol–water partition coefficient (Wildman–Crippen LogP) is 1.01. The molecule has 4 heteroatoms. The van der Waals surface area contributed by atoms with Crippen molar-refractivity contribution in [1.82, 2.24) is 5.43 Å². The Bertz CT molecular complexity index is 71.4. The molecule has 0 aromatic heterocycles. The van der Waals surface area contributed by atoms with Crippen molar-refractivity contribution in [2.24, 2.45) is 16.3 Å². The van der Waals surface area contributed by atoms with Crippen LogP contribution >= 0.6 is 0 Å². The van der Waals surface area contributed by atoms with E-state index in [1.165, 1.54) is 12.8 Å². The zero-order valence-corrected chi connectivity index (χ0v) is 5.80. The van der Waals surface area contributed by atoms with Crippen LogP contribution in [0.4, 0.5) is 0 Å². The third-order valence-corrected chi connectivity index (χ3v) is 1.02. The summed E-state index contributed by atoms with van der Waals surface area (Å²) in [4.78, 5) is 0. The molecule has 0 saturated carbocycles. The van der Waals surface area contributed by atoms with Crippen molar-refractivity contribution in [2.75, 3.05) is 6.54 Å². The average Bonchev–Trinajstić information content (AvgIpc) is 1.89. The van der Waals surface area contributed by atoms with E-state index in [2.05, 4.69) is 22.8 Å². The van der Waals surface area contributed by atoms with Gasteiger partial charge in [0.25, 0.3) is 0 Å². The minimum Gasteiger partial charge on any atom is -0.303 e. The van der Waals surface area contributed by atoms with Crippen molar-refractivity contribution in [3.8, 4) is 0 Å². The van der Waals surface area contributed by atoms with Gasteiger partial charge in [-0.3, -0.25) is 5.43 Å². The van der Waals surface area contributed by atoms with Gasteiger partial charge in [-0.15, -0.1) is 0 Å². The van der Waals surface area contributed by atoms with Gasteiger partial charge in [0.15, 0.2) is 0 Å². The van der Waals surface area contributed by atoms with E-state index in [1.54, 1.807) is 0 Å². The maximum Gasteiger partial charge on any atom is 0.0347 e. The van der Waals surface area contributed by atoms with Crippen LogP contribution < -0.4 is 11.3 Å². The minimum absolute atomic E-state index is 0.870. The van der Waals surface area contributed by atoms with E-state index in [-0.39, 0.29) is 0 Å². The highest BCUT2D eigenvalue weighted by atomic mass is 15.5. The van der Waals surface area contributed by atoms with Crippen molar-refractivity contribution >= 4 is 0 Å². The summed E-state index contributed by atoms with van der Waals surface area (Å²) in [5, 5.41) is 6.44. The zero-order valence-electron chi connectivity index (χ0n) is 5.80. The van der Waals surface area contributed by atoms with Crippen LogP contribution in [0.3, 0.4) is 0 Å². The van der Waals surface area contributed by atoms with Gasteiger partial charge in [0.05, 0.1) is 0 Å². The molecule has 0 heterocycles. The summed E-state index contributed by atoms with van der Waals surface area (Å²) in [6, 6.07) is 0. The van der Waals surface area contributed by atoms with Crippen LogP contribution in [0.2, 0.25) is 0 Å². The summed E-state index contributed by atoms with van der Waals surface area (Å²) >= 11 is 0. The number of nitrogens with two attached hydrogens (primary N) is 1. The Morgan fingerprint density at radius 2 is 2.22 bits per heavy atom. The first-order valence-corrected chi connectivity index (χ1v) is 3.24. The highest BCUT2D eigenvalue weighted by Gasteiger charge is 1.81. The molecule has 0 aliphatic heterocycles. The van der Waals surface area contributed by atoms with E-state index in [4.69, 9.17) is 5.84 Å². The van der Waals surface area contributed by atoms with Crippen LogP contribution in [0, 0.1) is 0 Å². The highest BCUT2D eigenvalue weighted by molar-refractivity contribution is 4.39. The van der Waals surface area contributed by atoms with Crippen molar-refractivity contribution in [1.29, 1.82) is 0 Å². The van der Waals surface area contributed by atoms with Gasteiger partial charge in [0.2, 0.25) is 0 Å². The Labute approximate surface area is 55.5 Å². The second-order valence-corrected chi connectivity index (χ2v) is 1.83. The van der Waals surface area contributed by atoms with E-state index >= 15 is 0 Å². The molecule has 0 amide bonds. The quantitative estimate of drug-likeness (QED) is 0.252. The van der Waals surface area contributed by atoms with E-state index in [9.17, 15) is 0 Å². The van der Waals surface area contributed by atoms with Gasteiger partial charge in [0.1, 0.15) is 0 Å². The number of rotatable bonds is 5. The molecule has 3 N–H and O–H groups in total. The normalized spacial score (nSPS) is 10.3. The first-order valence-electron chi connectivity index (χ1n) is 3.24. The van der Waals surface area contributed by atoms with E-state index in [0.29, 0.717) is 0 Å². The lowest BCUT2D eigenvalue weighted by molar-refractivity contribution is 0.611. The van der Waals surface area contributed by atoms with Gasteiger partial charge in [-0.25, -0.2) is 0 Å². The van der Waals surface area contributed by atoms with Crippen molar-refractivity contribution in [3.05, 3.63) is 0 Å². The van der Waals surface area contributed by atoms with Crippen LogP contribution in [0.5, 0.6) is 0 Å². The SMILES string of the molecule is CCCCCN/N=N/N. The maximum absolute atomic E-state index is 4.74. The summed E-state index contributed by atoms with van der Waals surface area (Å²) in [6.07, 6.45) is 3.59. The van der Waals surface area contributed by atoms with Crippen LogP contribution in [0.1, 0.15) is 26.2 Å². The molecule has 0 rings (SSSR count). The summed E-state index contributed by atoms with van der Waals surface area (Å²) in [5.74, 6) is 4.74. The molecule has 0 aromatic carbocycles. The largest absolute Gasteiger partial charge is 0.303 e. The smallest absolute Gasteiger partial charge is 0.0347 e. The van der Waals surface area contributed by atoms with Crippen LogP contribution in [0.15, 0.2) is 10.4 Å². The Balaban J connectivity index is 2.75. The summed E-state index contributed by atoms with van der Waals surface area (Å²) in [5.41, 5.74) is 2.70. The van der Waals surface area contributed by atoms with E-state index in [0.717, 1.165) is 13.0 Å². The second-order valence-electron chi connectivity index (χ2n) is 1.83. The van der Waals surface area contributed by atoms with Gasteiger partial charge < -0.3 is 5.84 Å². The zero-order chi connectivity index (χ0) is 6.95. The molecular weight excluding hydrogens is 116 g/mol. The Morgan fingerprint density at radius 3 is 2.78 bits per heavy atom. The molecule has 0 unspecified atom stereocenters. The molecule has 0 aliphatic carbocycles. The Hall–Kier alpha value is -0.800. The van der Waals surface area contributed by atoms with Crippen molar-refractivity contribution in [2.45, 2.75) is 26.2 Å². The summed E-state index contributed by atoms with van der Waals surface area (Å²) in [7, 11) is 0. The van der Waals surface area contributed by atoms with E-state index < -0.39 is 0 Å². The van der Waals surface area contributed by atoms with E-state index in [1.807, 2.05) is 0 Å². The van der Waals surface area contributed by atoms with Gasteiger partial charge in [-0.05, 0) is 6.42 Å². The molecule has 0 aliphatic rings. The first-order chi connectivity index (χ1) is 4.41. The maximum atomic E-state index is 4.74. The van der Waals surface area contributed by atoms with Crippen molar-refractivity contribution in [3.63, 3.8) is 0 Å². The molecule has 4 nitrogen and oxygen atoms in total. The fourth-order valence-corrected chi connectivity index (χ4v) is 0.545. The van der Waals surface area contributed by atoms with Crippen molar-refractivity contribution < 1.29 is 0 Å². The lowest BCUT2D eigenvalue weighted by atomic mass is 10.3. The first kappa shape index (κ1) is 8.20. The van der Waals surface area contributed by atoms with Gasteiger partial charge in [-0.2, -0.15) is 0 Å². The lowest BCUT2D eigenvalue weighted by Crippen LogP contribution is -2.06. The molecule has 0 fully saturated rings. The number of hydrogen-bond donors (Lipinski definition) is 2. The number of nitrogens with zero attached hydrogens (tertiary/aromatic N) is 2. The Kier molecular flexibility index (Phi) is 6.56. The third-order valence-electron chi connectivity index (χ3n) is 1.02. The average molecular weight is 130 g/mol. The fraction of sp³-hybridized carbons (Fsp3) is 1.00.